The standard InChI is InChI=1S/C7H10BrN3O/c8-5-4-11-7(10)3-6(5)12-2-1-9/h3-4H,1-2,9H2,(H2,10,11). The number of ether oxygens (including phenoxy) is 1. The van der Waals surface area contributed by atoms with Crippen LogP contribution in [0.25, 0.3) is 0 Å². The SMILES string of the molecule is NCCOc1cc(N)ncc1Br. The van der Waals surface area contributed by atoms with Crippen LogP contribution >= 0.6 is 15.9 Å². The van der Waals surface area contributed by atoms with Gasteiger partial charge in [0.15, 0.2) is 0 Å². The largest absolute Gasteiger partial charge is 0.491 e. The molecule has 0 fully saturated rings. The van der Waals surface area contributed by atoms with E-state index >= 15 is 0 Å². The van der Waals surface area contributed by atoms with Gasteiger partial charge in [-0.25, -0.2) is 4.98 Å². The zero-order valence-electron chi connectivity index (χ0n) is 6.46. The van der Waals surface area contributed by atoms with Crippen molar-refractivity contribution in [1.29, 1.82) is 0 Å². The van der Waals surface area contributed by atoms with E-state index in [-0.39, 0.29) is 0 Å². The molecule has 0 bridgehead atoms. The van der Waals surface area contributed by atoms with Gasteiger partial charge in [-0.05, 0) is 15.9 Å². The van der Waals surface area contributed by atoms with Gasteiger partial charge in [-0.15, -0.1) is 0 Å². The van der Waals surface area contributed by atoms with Crippen molar-refractivity contribution in [3.8, 4) is 5.75 Å². The number of pyridine rings is 1. The molecular formula is C7H10BrN3O. The van der Waals surface area contributed by atoms with Crippen LogP contribution in [0.3, 0.4) is 0 Å². The van der Waals surface area contributed by atoms with Crippen LogP contribution in [0.5, 0.6) is 5.75 Å². The number of hydrogen-bond donors (Lipinski definition) is 2. The van der Waals surface area contributed by atoms with Crippen LogP contribution in [0.4, 0.5) is 5.82 Å². The molecule has 0 amide bonds. The lowest BCUT2D eigenvalue weighted by atomic mass is 10.4. The first-order chi connectivity index (χ1) is 5.74. The smallest absolute Gasteiger partial charge is 0.138 e. The maximum absolute atomic E-state index is 5.46. The summed E-state index contributed by atoms with van der Waals surface area (Å²) in [5.74, 6) is 1.11. The molecule has 4 nitrogen and oxygen atoms in total. The molecule has 0 aromatic carbocycles. The van der Waals surface area contributed by atoms with E-state index in [0.29, 0.717) is 24.7 Å². The van der Waals surface area contributed by atoms with Crippen LogP contribution in [-0.4, -0.2) is 18.1 Å². The Bertz CT molecular complexity index is 267. The average molecular weight is 232 g/mol. The number of halogens is 1. The zero-order valence-corrected chi connectivity index (χ0v) is 8.04. The Hall–Kier alpha value is -0.810. The Balaban J connectivity index is 2.75. The van der Waals surface area contributed by atoms with E-state index in [0.717, 1.165) is 4.47 Å². The molecule has 5 heteroatoms. The van der Waals surface area contributed by atoms with Crippen LogP contribution in [0, 0.1) is 0 Å². The Kier molecular flexibility index (Phi) is 3.31. The first kappa shape index (κ1) is 9.28. The number of aromatic nitrogens is 1. The minimum absolute atomic E-state index is 0.435. The fraction of sp³-hybridized carbons (Fsp3) is 0.286. The van der Waals surface area contributed by atoms with Crippen molar-refractivity contribution < 1.29 is 4.74 Å². The molecule has 0 radical (unpaired) electrons. The molecule has 4 N–H and O–H groups in total. The molecule has 1 heterocycles. The van der Waals surface area contributed by atoms with Crippen molar-refractivity contribution in [2.75, 3.05) is 18.9 Å². The van der Waals surface area contributed by atoms with Crippen molar-refractivity contribution in [2.45, 2.75) is 0 Å². The molecule has 0 spiro atoms. The van der Waals surface area contributed by atoms with Crippen LogP contribution < -0.4 is 16.2 Å². The molecule has 12 heavy (non-hydrogen) atoms. The molecule has 1 aromatic rings. The summed E-state index contributed by atoms with van der Waals surface area (Å²) < 4.78 is 6.06. The molecule has 66 valence electrons. The summed E-state index contributed by atoms with van der Waals surface area (Å²) in [4.78, 5) is 3.87. The van der Waals surface area contributed by atoms with Gasteiger partial charge in [-0.1, -0.05) is 0 Å². The third kappa shape index (κ3) is 2.35. The number of nitrogen functional groups attached to an aromatic ring is 1. The van der Waals surface area contributed by atoms with Gasteiger partial charge in [0.2, 0.25) is 0 Å². The van der Waals surface area contributed by atoms with Crippen LogP contribution in [-0.2, 0) is 0 Å². The fourth-order valence-electron chi connectivity index (χ4n) is 0.715. The van der Waals surface area contributed by atoms with Gasteiger partial charge >= 0.3 is 0 Å². The van der Waals surface area contributed by atoms with Gasteiger partial charge in [0.1, 0.15) is 18.2 Å². The highest BCUT2D eigenvalue weighted by Gasteiger charge is 2.00. The fourth-order valence-corrected chi connectivity index (χ4v) is 1.05. The molecular weight excluding hydrogens is 222 g/mol. The summed E-state index contributed by atoms with van der Waals surface area (Å²) >= 11 is 3.28. The highest BCUT2D eigenvalue weighted by atomic mass is 79.9. The van der Waals surface area contributed by atoms with Gasteiger partial charge in [0, 0.05) is 18.8 Å². The average Bonchev–Trinajstić information content (AvgIpc) is 2.07. The highest BCUT2D eigenvalue weighted by molar-refractivity contribution is 9.10. The van der Waals surface area contributed by atoms with Crippen LogP contribution in [0.15, 0.2) is 16.7 Å². The summed E-state index contributed by atoms with van der Waals surface area (Å²) in [6, 6.07) is 1.65. The predicted molar refractivity (Wildman–Crippen MR) is 50.9 cm³/mol. The molecule has 0 saturated carbocycles. The second-order valence-corrected chi connectivity index (χ2v) is 3.03. The third-order valence-electron chi connectivity index (χ3n) is 1.22. The third-order valence-corrected chi connectivity index (χ3v) is 1.81. The summed E-state index contributed by atoms with van der Waals surface area (Å²) in [6.07, 6.45) is 1.60. The van der Waals surface area contributed by atoms with E-state index in [1.54, 1.807) is 12.3 Å². The number of nitrogens with two attached hydrogens (primary N) is 2. The minimum atomic E-state index is 0.435. The second kappa shape index (κ2) is 4.27. The number of rotatable bonds is 3. The van der Waals surface area contributed by atoms with E-state index in [2.05, 4.69) is 20.9 Å². The van der Waals surface area contributed by atoms with Crippen LogP contribution in [0.1, 0.15) is 0 Å². The molecule has 0 aliphatic heterocycles. The van der Waals surface area contributed by atoms with Crippen molar-refractivity contribution >= 4 is 21.7 Å². The number of hydrogen-bond acceptors (Lipinski definition) is 4. The second-order valence-electron chi connectivity index (χ2n) is 2.18. The molecule has 0 aliphatic rings. The Morgan fingerprint density at radius 3 is 3.00 bits per heavy atom. The van der Waals surface area contributed by atoms with E-state index in [4.69, 9.17) is 16.2 Å². The Morgan fingerprint density at radius 2 is 2.33 bits per heavy atom. The number of nitrogens with zero attached hydrogens (tertiary/aromatic N) is 1. The molecule has 0 atom stereocenters. The lowest BCUT2D eigenvalue weighted by Gasteiger charge is -2.06. The van der Waals surface area contributed by atoms with Gasteiger partial charge in [0.25, 0.3) is 0 Å². The maximum atomic E-state index is 5.46. The van der Waals surface area contributed by atoms with Gasteiger partial charge in [-0.3, -0.25) is 0 Å². The highest BCUT2D eigenvalue weighted by Crippen LogP contribution is 2.24. The van der Waals surface area contributed by atoms with Gasteiger partial charge < -0.3 is 16.2 Å². The zero-order chi connectivity index (χ0) is 8.97. The summed E-state index contributed by atoms with van der Waals surface area (Å²) in [7, 11) is 0. The van der Waals surface area contributed by atoms with E-state index in [1.807, 2.05) is 0 Å². The summed E-state index contributed by atoms with van der Waals surface area (Å²) in [5, 5.41) is 0. The minimum Gasteiger partial charge on any atom is -0.491 e. The van der Waals surface area contributed by atoms with Crippen molar-refractivity contribution in [3.05, 3.63) is 16.7 Å². The topological polar surface area (TPSA) is 74.2 Å². The van der Waals surface area contributed by atoms with E-state index in [9.17, 15) is 0 Å². The van der Waals surface area contributed by atoms with Crippen molar-refractivity contribution in [1.82, 2.24) is 4.98 Å². The van der Waals surface area contributed by atoms with Crippen molar-refractivity contribution in [3.63, 3.8) is 0 Å². The lowest BCUT2D eigenvalue weighted by molar-refractivity contribution is 0.326. The Labute approximate surface area is 79.0 Å². The first-order valence-corrected chi connectivity index (χ1v) is 4.27. The summed E-state index contributed by atoms with van der Waals surface area (Å²) in [6.45, 7) is 0.955. The van der Waals surface area contributed by atoms with Gasteiger partial charge in [-0.2, -0.15) is 0 Å². The van der Waals surface area contributed by atoms with E-state index < -0.39 is 0 Å². The summed E-state index contributed by atoms with van der Waals surface area (Å²) in [5.41, 5.74) is 10.7. The normalized spacial score (nSPS) is 9.83. The molecule has 0 aliphatic carbocycles. The molecule has 1 rings (SSSR count). The number of anilines is 1. The monoisotopic (exact) mass is 231 g/mol. The predicted octanol–water partition coefficient (Wildman–Crippen LogP) is 0.764. The quantitative estimate of drug-likeness (QED) is 0.806. The maximum Gasteiger partial charge on any atom is 0.138 e. The van der Waals surface area contributed by atoms with Crippen LogP contribution in [0.2, 0.25) is 0 Å². The van der Waals surface area contributed by atoms with Crippen molar-refractivity contribution in [2.24, 2.45) is 5.73 Å². The first-order valence-electron chi connectivity index (χ1n) is 3.48. The van der Waals surface area contributed by atoms with E-state index in [1.165, 1.54) is 0 Å². The lowest BCUT2D eigenvalue weighted by Crippen LogP contribution is -2.11. The Morgan fingerprint density at radius 1 is 1.58 bits per heavy atom. The van der Waals surface area contributed by atoms with Gasteiger partial charge in [0.05, 0.1) is 4.47 Å². The molecule has 0 saturated heterocycles. The molecule has 0 unspecified atom stereocenters. The molecule has 1 aromatic heterocycles.